The van der Waals surface area contributed by atoms with Crippen LogP contribution in [0.25, 0.3) is 0 Å². The van der Waals surface area contributed by atoms with Gasteiger partial charge in [-0.1, -0.05) is 62.0 Å². The second-order valence-electron chi connectivity index (χ2n) is 3.96. The number of carbonyl (C=O) groups is 2. The van der Waals surface area contributed by atoms with Crippen molar-refractivity contribution in [3.8, 4) is 0 Å². The van der Waals surface area contributed by atoms with E-state index in [1.165, 1.54) is 6.08 Å². The van der Waals surface area contributed by atoms with Crippen LogP contribution in [0.15, 0.2) is 12.2 Å². The molecule has 1 heterocycles. The summed E-state index contributed by atoms with van der Waals surface area (Å²) in [6, 6.07) is -0.298. The number of rotatable bonds is 2. The summed E-state index contributed by atoms with van der Waals surface area (Å²) in [5.74, 6) is 0.245. The van der Waals surface area contributed by atoms with E-state index in [1.54, 1.807) is 24.9 Å². The van der Waals surface area contributed by atoms with Gasteiger partial charge in [0.15, 0.2) is 0 Å². The third-order valence-corrected chi connectivity index (χ3v) is 2.65. The summed E-state index contributed by atoms with van der Waals surface area (Å²) in [7, 11) is 1.60. The maximum Gasteiger partial charge on any atom is 0.246 e. The fourth-order valence-electron chi connectivity index (χ4n) is 1.94. The molecule has 1 fully saturated rings. The Morgan fingerprint density at radius 1 is 1.09 bits per heavy atom. The highest BCUT2D eigenvalue weighted by Gasteiger charge is 2.36. The molecule has 4 nitrogen and oxygen atoms in total. The Hall–Kier alpha value is -1.32. The van der Waals surface area contributed by atoms with Crippen LogP contribution < -0.4 is 5.32 Å². The largest absolute Gasteiger partial charge is 0.357 e. The molecule has 1 aliphatic rings. The molecule has 0 spiro atoms. The minimum atomic E-state index is -0.298. The Morgan fingerprint density at radius 3 is 1.91 bits per heavy atom. The average Bonchev–Trinajstić information content (AvgIpc) is 2.95. The highest BCUT2D eigenvalue weighted by molar-refractivity contribution is 5.93. The van der Waals surface area contributed by atoms with Crippen molar-refractivity contribution in [2.75, 3.05) is 13.6 Å². The molecule has 0 aromatic heterocycles. The zero-order valence-electron chi connectivity index (χ0n) is 15.5. The van der Waals surface area contributed by atoms with E-state index in [9.17, 15) is 9.59 Å². The number of allylic oxidation sites excluding steroid dienone is 1. The van der Waals surface area contributed by atoms with E-state index in [2.05, 4.69) is 12.2 Å². The van der Waals surface area contributed by atoms with Crippen molar-refractivity contribution >= 4 is 11.8 Å². The van der Waals surface area contributed by atoms with Crippen molar-refractivity contribution < 1.29 is 9.59 Å². The van der Waals surface area contributed by atoms with E-state index >= 15 is 0 Å². The molecular weight excluding hydrogens is 276 g/mol. The first-order valence-electron chi connectivity index (χ1n) is 8.25. The summed E-state index contributed by atoms with van der Waals surface area (Å²) in [6.45, 7) is 16.5. The molecule has 134 valence electrons. The number of hydrogen-bond acceptors (Lipinski definition) is 2. The smallest absolute Gasteiger partial charge is 0.246 e. The number of likely N-dealkylation sites (tertiary alicyclic amines) is 1. The van der Waals surface area contributed by atoms with Crippen LogP contribution in [0.1, 0.15) is 69.2 Å². The van der Waals surface area contributed by atoms with E-state index < -0.39 is 0 Å². The summed E-state index contributed by atoms with van der Waals surface area (Å²) in [6.07, 6.45) is 3.96. The lowest BCUT2D eigenvalue weighted by atomic mass is 10.1. The van der Waals surface area contributed by atoms with Gasteiger partial charge in [0.1, 0.15) is 6.04 Å². The van der Waals surface area contributed by atoms with Gasteiger partial charge in [-0.05, 0) is 25.3 Å². The van der Waals surface area contributed by atoms with Gasteiger partial charge in [-0.15, -0.1) is 0 Å². The second kappa shape index (κ2) is 19.7. The minimum absolute atomic E-state index is 0. The van der Waals surface area contributed by atoms with Gasteiger partial charge in [0.2, 0.25) is 11.8 Å². The van der Waals surface area contributed by atoms with Gasteiger partial charge >= 0.3 is 0 Å². The molecule has 0 saturated carbocycles. The van der Waals surface area contributed by atoms with Crippen molar-refractivity contribution in [2.24, 2.45) is 5.92 Å². The molecule has 2 amide bonds. The second-order valence-corrected chi connectivity index (χ2v) is 3.96. The quantitative estimate of drug-likeness (QED) is 0.774. The average molecular weight is 317 g/mol. The van der Waals surface area contributed by atoms with Gasteiger partial charge in [-0.2, -0.15) is 0 Å². The lowest BCUT2D eigenvalue weighted by Gasteiger charge is -2.21. The Balaban J connectivity index is -0.000000206. The maximum absolute atomic E-state index is 11.7. The molecule has 0 aliphatic carbocycles. The Kier molecular flexibility index (Phi) is 25.8. The summed E-state index contributed by atoms with van der Waals surface area (Å²) in [4.78, 5) is 24.9. The fraction of sp³-hybridized carbons (Fsp3) is 0.778. The monoisotopic (exact) mass is 316 g/mol. The van der Waals surface area contributed by atoms with Crippen molar-refractivity contribution in [2.45, 2.75) is 75.3 Å². The van der Waals surface area contributed by atoms with Crippen LogP contribution in [0.2, 0.25) is 0 Å². The van der Waals surface area contributed by atoms with E-state index in [1.807, 2.05) is 41.5 Å². The van der Waals surface area contributed by atoms with Crippen LogP contribution in [0.4, 0.5) is 0 Å². The molecule has 2 atom stereocenters. The molecule has 0 aromatic carbocycles. The molecule has 0 radical (unpaired) electrons. The molecule has 1 N–H and O–H groups in total. The number of carbonyl (C=O) groups excluding carboxylic acids is 2. The van der Waals surface area contributed by atoms with Crippen molar-refractivity contribution in [1.82, 2.24) is 10.2 Å². The topological polar surface area (TPSA) is 49.4 Å². The maximum atomic E-state index is 11.7. The zero-order valence-corrected chi connectivity index (χ0v) is 15.5. The van der Waals surface area contributed by atoms with Gasteiger partial charge in [0.25, 0.3) is 0 Å². The van der Waals surface area contributed by atoms with Crippen LogP contribution in [0.3, 0.4) is 0 Å². The molecule has 22 heavy (non-hydrogen) atoms. The SMILES string of the molecule is C.C/C=C/C(=O)N1CC(C)CC1C(=O)NC.CC.CC.CC. The minimum Gasteiger partial charge on any atom is -0.357 e. The molecule has 1 aliphatic heterocycles. The summed E-state index contributed by atoms with van der Waals surface area (Å²) in [5.41, 5.74) is 0. The van der Waals surface area contributed by atoms with Gasteiger partial charge in [-0.25, -0.2) is 0 Å². The van der Waals surface area contributed by atoms with Crippen molar-refractivity contribution in [3.05, 3.63) is 12.2 Å². The first kappa shape index (κ1) is 28.8. The summed E-state index contributed by atoms with van der Waals surface area (Å²) >= 11 is 0. The number of nitrogens with one attached hydrogen (secondary N) is 1. The first-order valence-corrected chi connectivity index (χ1v) is 8.25. The Bertz CT molecular complexity index is 289. The van der Waals surface area contributed by atoms with Crippen LogP contribution in [-0.2, 0) is 9.59 Å². The molecule has 0 aromatic rings. The number of amides is 2. The van der Waals surface area contributed by atoms with Crippen LogP contribution >= 0.6 is 0 Å². The zero-order chi connectivity index (χ0) is 17.4. The van der Waals surface area contributed by atoms with Gasteiger partial charge < -0.3 is 10.2 Å². The molecule has 4 heteroatoms. The van der Waals surface area contributed by atoms with E-state index in [4.69, 9.17) is 0 Å². The molecule has 2 unspecified atom stereocenters. The summed E-state index contributed by atoms with van der Waals surface area (Å²) in [5, 5.41) is 2.60. The van der Waals surface area contributed by atoms with Gasteiger partial charge in [0.05, 0.1) is 0 Å². The Labute approximate surface area is 139 Å². The lowest BCUT2D eigenvalue weighted by Crippen LogP contribution is -2.44. The van der Waals surface area contributed by atoms with Crippen LogP contribution in [0.5, 0.6) is 0 Å². The third kappa shape index (κ3) is 10.4. The third-order valence-electron chi connectivity index (χ3n) is 2.65. The van der Waals surface area contributed by atoms with Crippen molar-refractivity contribution in [1.29, 1.82) is 0 Å². The summed E-state index contributed by atoms with van der Waals surface area (Å²) < 4.78 is 0. The van der Waals surface area contributed by atoms with Crippen molar-refractivity contribution in [3.63, 3.8) is 0 Å². The number of hydrogen-bond donors (Lipinski definition) is 1. The van der Waals surface area contributed by atoms with E-state index in [0.717, 1.165) is 6.42 Å². The number of likely N-dealkylation sites (N-methyl/N-ethyl adjacent to an activating group) is 1. The van der Waals surface area contributed by atoms with Gasteiger partial charge in [0, 0.05) is 13.6 Å². The predicted molar refractivity (Wildman–Crippen MR) is 98.9 cm³/mol. The molecular formula is C18H40N2O2. The highest BCUT2D eigenvalue weighted by Crippen LogP contribution is 2.23. The normalized spacial score (nSPS) is 18.5. The molecule has 1 rings (SSSR count). The first-order chi connectivity index (χ1) is 10.1. The lowest BCUT2D eigenvalue weighted by molar-refractivity contribution is -0.134. The van der Waals surface area contributed by atoms with E-state index in [-0.39, 0.29) is 25.3 Å². The highest BCUT2D eigenvalue weighted by atomic mass is 16.2. The standard InChI is InChI=1S/C11H18N2O2.3C2H6.CH4/c1-4-5-10(14)13-7-8(2)6-9(13)11(15)12-3;3*1-2;/h4-5,8-9H,6-7H2,1-3H3,(H,12,15);3*1-2H3;1H4/b5-4+;;;;. The molecule has 1 saturated heterocycles. The van der Waals surface area contributed by atoms with Crippen LogP contribution in [0, 0.1) is 5.92 Å². The van der Waals surface area contributed by atoms with Gasteiger partial charge in [-0.3, -0.25) is 9.59 Å². The van der Waals surface area contributed by atoms with E-state index in [0.29, 0.717) is 12.5 Å². The Morgan fingerprint density at radius 2 is 1.55 bits per heavy atom. The predicted octanol–water partition coefficient (Wildman–Crippen LogP) is 4.26. The van der Waals surface area contributed by atoms with Crippen LogP contribution in [-0.4, -0.2) is 36.3 Å². The fourth-order valence-corrected chi connectivity index (χ4v) is 1.94. The molecule has 0 bridgehead atoms. The number of nitrogens with zero attached hydrogens (tertiary/aromatic N) is 1.